The first-order valence-electron chi connectivity index (χ1n) is 6.15. The van der Waals surface area contributed by atoms with Crippen LogP contribution in [0.2, 0.25) is 0 Å². The Balaban J connectivity index is 1.94. The molecule has 0 amide bonds. The lowest BCUT2D eigenvalue weighted by Gasteiger charge is -2.27. The second kappa shape index (κ2) is 5.46. The van der Waals surface area contributed by atoms with Crippen molar-refractivity contribution in [2.75, 3.05) is 6.61 Å². The summed E-state index contributed by atoms with van der Waals surface area (Å²) in [4.78, 5) is 0. The third kappa shape index (κ3) is 2.83. The van der Waals surface area contributed by atoms with Crippen LogP contribution in [-0.2, 0) is 7.05 Å². The van der Waals surface area contributed by atoms with E-state index in [1.165, 1.54) is 32.1 Å². The molecular formula is C12H21N3O. The highest BCUT2D eigenvalue weighted by atomic mass is 16.3. The Kier molecular flexibility index (Phi) is 3.96. The molecule has 0 aliphatic heterocycles. The van der Waals surface area contributed by atoms with Gasteiger partial charge >= 0.3 is 0 Å². The van der Waals surface area contributed by atoms with Crippen LogP contribution in [0.5, 0.6) is 0 Å². The van der Waals surface area contributed by atoms with E-state index in [1.807, 2.05) is 19.4 Å². The average Bonchev–Trinajstić information content (AvgIpc) is 2.74. The van der Waals surface area contributed by atoms with Gasteiger partial charge in [0, 0.05) is 24.8 Å². The first-order valence-corrected chi connectivity index (χ1v) is 6.15. The zero-order chi connectivity index (χ0) is 11.4. The predicted molar refractivity (Wildman–Crippen MR) is 63.0 cm³/mol. The fraction of sp³-hybridized carbons (Fsp3) is 0.750. The molecule has 4 heteroatoms. The largest absolute Gasteiger partial charge is 0.394 e. The summed E-state index contributed by atoms with van der Waals surface area (Å²) in [5.74, 6) is 0. The standard InChI is InChI=1S/C12H21N3O/c1-15-8-10(7-13-15)12(9-16)14-11-5-3-2-4-6-11/h7-8,11-12,14,16H,2-6,9H2,1H3. The van der Waals surface area contributed by atoms with E-state index in [0.29, 0.717) is 6.04 Å². The van der Waals surface area contributed by atoms with Gasteiger partial charge in [-0.2, -0.15) is 5.10 Å². The Morgan fingerprint density at radius 1 is 1.50 bits per heavy atom. The number of aryl methyl sites for hydroxylation is 1. The molecule has 4 nitrogen and oxygen atoms in total. The minimum absolute atomic E-state index is 0.0387. The molecule has 1 aromatic rings. The van der Waals surface area contributed by atoms with Crippen molar-refractivity contribution in [2.24, 2.45) is 7.05 Å². The van der Waals surface area contributed by atoms with E-state index in [4.69, 9.17) is 0 Å². The first kappa shape index (κ1) is 11.6. The van der Waals surface area contributed by atoms with Crippen LogP contribution < -0.4 is 5.32 Å². The molecular weight excluding hydrogens is 202 g/mol. The summed E-state index contributed by atoms with van der Waals surface area (Å²) in [6, 6.07) is 0.600. The van der Waals surface area contributed by atoms with Crippen LogP contribution >= 0.6 is 0 Å². The van der Waals surface area contributed by atoms with Crippen LogP contribution in [0.25, 0.3) is 0 Å². The van der Waals surface area contributed by atoms with E-state index in [2.05, 4.69) is 10.4 Å². The molecule has 0 aromatic carbocycles. The maximum atomic E-state index is 9.42. The number of aliphatic hydroxyl groups is 1. The SMILES string of the molecule is Cn1cc(C(CO)NC2CCCCC2)cn1. The molecule has 1 aliphatic carbocycles. The summed E-state index contributed by atoms with van der Waals surface area (Å²) in [7, 11) is 1.90. The summed E-state index contributed by atoms with van der Waals surface area (Å²) in [5, 5.41) is 17.1. The molecule has 2 rings (SSSR count). The van der Waals surface area contributed by atoms with Crippen molar-refractivity contribution in [1.29, 1.82) is 0 Å². The van der Waals surface area contributed by atoms with Gasteiger partial charge in [0.1, 0.15) is 0 Å². The van der Waals surface area contributed by atoms with Crippen molar-refractivity contribution in [2.45, 2.75) is 44.2 Å². The van der Waals surface area contributed by atoms with E-state index >= 15 is 0 Å². The molecule has 1 atom stereocenters. The summed E-state index contributed by atoms with van der Waals surface area (Å²) in [6.45, 7) is 0.141. The van der Waals surface area contributed by atoms with Crippen LogP contribution in [-0.4, -0.2) is 27.5 Å². The van der Waals surface area contributed by atoms with Crippen LogP contribution in [0.1, 0.15) is 43.7 Å². The maximum absolute atomic E-state index is 9.42. The maximum Gasteiger partial charge on any atom is 0.0627 e. The van der Waals surface area contributed by atoms with E-state index in [0.717, 1.165) is 5.56 Å². The van der Waals surface area contributed by atoms with Gasteiger partial charge in [0.2, 0.25) is 0 Å². The number of nitrogens with zero attached hydrogens (tertiary/aromatic N) is 2. The van der Waals surface area contributed by atoms with E-state index < -0.39 is 0 Å². The van der Waals surface area contributed by atoms with Gasteiger partial charge < -0.3 is 10.4 Å². The highest BCUT2D eigenvalue weighted by Crippen LogP contribution is 2.21. The highest BCUT2D eigenvalue weighted by molar-refractivity contribution is 5.10. The van der Waals surface area contributed by atoms with E-state index in [-0.39, 0.29) is 12.6 Å². The Labute approximate surface area is 96.7 Å². The summed E-state index contributed by atoms with van der Waals surface area (Å²) in [6.07, 6.45) is 10.2. The number of aliphatic hydroxyl groups excluding tert-OH is 1. The van der Waals surface area contributed by atoms with Gasteiger partial charge in [0.05, 0.1) is 18.8 Å². The van der Waals surface area contributed by atoms with Crippen LogP contribution in [0.4, 0.5) is 0 Å². The summed E-state index contributed by atoms with van der Waals surface area (Å²) in [5.41, 5.74) is 1.08. The van der Waals surface area contributed by atoms with Crippen molar-refractivity contribution in [1.82, 2.24) is 15.1 Å². The average molecular weight is 223 g/mol. The highest BCUT2D eigenvalue weighted by Gasteiger charge is 2.19. The van der Waals surface area contributed by atoms with Crippen molar-refractivity contribution in [3.63, 3.8) is 0 Å². The second-order valence-electron chi connectivity index (χ2n) is 4.68. The number of hydrogen-bond acceptors (Lipinski definition) is 3. The van der Waals surface area contributed by atoms with Crippen molar-refractivity contribution in [3.05, 3.63) is 18.0 Å². The molecule has 0 bridgehead atoms. The van der Waals surface area contributed by atoms with Crippen LogP contribution in [0.3, 0.4) is 0 Å². The lowest BCUT2D eigenvalue weighted by atomic mass is 9.94. The monoisotopic (exact) mass is 223 g/mol. The molecule has 0 radical (unpaired) electrons. The van der Waals surface area contributed by atoms with Crippen molar-refractivity contribution >= 4 is 0 Å². The Morgan fingerprint density at radius 2 is 2.25 bits per heavy atom. The molecule has 0 saturated heterocycles. The molecule has 1 aromatic heterocycles. The zero-order valence-electron chi connectivity index (χ0n) is 9.89. The lowest BCUT2D eigenvalue weighted by molar-refractivity contribution is 0.220. The van der Waals surface area contributed by atoms with E-state index in [1.54, 1.807) is 4.68 Å². The molecule has 1 heterocycles. The molecule has 1 aliphatic rings. The van der Waals surface area contributed by atoms with Gasteiger partial charge in [0.15, 0.2) is 0 Å². The van der Waals surface area contributed by atoms with Gasteiger partial charge in [0.25, 0.3) is 0 Å². The van der Waals surface area contributed by atoms with Gasteiger partial charge in [-0.1, -0.05) is 19.3 Å². The predicted octanol–water partition coefficient (Wildman–Crippen LogP) is 1.38. The first-order chi connectivity index (χ1) is 7.79. The molecule has 1 fully saturated rings. The van der Waals surface area contributed by atoms with Gasteiger partial charge in [-0.25, -0.2) is 0 Å². The minimum atomic E-state index is 0.0387. The summed E-state index contributed by atoms with van der Waals surface area (Å²) < 4.78 is 1.78. The Bertz CT molecular complexity index is 318. The Hall–Kier alpha value is -0.870. The van der Waals surface area contributed by atoms with Gasteiger partial charge in [-0.15, -0.1) is 0 Å². The van der Waals surface area contributed by atoms with Gasteiger partial charge in [-0.3, -0.25) is 4.68 Å². The molecule has 1 saturated carbocycles. The fourth-order valence-corrected chi connectivity index (χ4v) is 2.43. The molecule has 0 spiro atoms. The van der Waals surface area contributed by atoms with Crippen molar-refractivity contribution < 1.29 is 5.11 Å². The Morgan fingerprint density at radius 3 is 2.81 bits per heavy atom. The molecule has 1 unspecified atom stereocenters. The van der Waals surface area contributed by atoms with E-state index in [9.17, 15) is 5.11 Å². The normalized spacial score (nSPS) is 19.9. The third-order valence-corrected chi connectivity index (χ3v) is 3.35. The van der Waals surface area contributed by atoms with Crippen LogP contribution in [0.15, 0.2) is 12.4 Å². The molecule has 90 valence electrons. The minimum Gasteiger partial charge on any atom is -0.394 e. The van der Waals surface area contributed by atoms with Gasteiger partial charge in [-0.05, 0) is 12.8 Å². The number of rotatable bonds is 4. The zero-order valence-corrected chi connectivity index (χ0v) is 9.89. The van der Waals surface area contributed by atoms with Crippen molar-refractivity contribution in [3.8, 4) is 0 Å². The number of aromatic nitrogens is 2. The fourth-order valence-electron chi connectivity index (χ4n) is 2.43. The molecule has 16 heavy (non-hydrogen) atoms. The molecule has 2 N–H and O–H groups in total. The number of hydrogen-bond donors (Lipinski definition) is 2. The van der Waals surface area contributed by atoms with Crippen LogP contribution in [0, 0.1) is 0 Å². The third-order valence-electron chi connectivity index (χ3n) is 3.35. The smallest absolute Gasteiger partial charge is 0.0627 e. The number of nitrogens with one attached hydrogen (secondary N) is 1. The quantitative estimate of drug-likeness (QED) is 0.810. The lowest BCUT2D eigenvalue weighted by Crippen LogP contribution is -2.35. The topological polar surface area (TPSA) is 50.1 Å². The summed E-state index contributed by atoms with van der Waals surface area (Å²) >= 11 is 0. The second-order valence-corrected chi connectivity index (χ2v) is 4.68.